The predicted molar refractivity (Wildman–Crippen MR) is 86.9 cm³/mol. The lowest BCUT2D eigenvalue weighted by atomic mass is 9.97. The highest BCUT2D eigenvalue weighted by molar-refractivity contribution is 5.76. The number of benzene rings is 1. The van der Waals surface area contributed by atoms with Gasteiger partial charge in [-0.2, -0.15) is 0 Å². The SMILES string of the molecule is O=C(CCNCc1ccccc1)NCCC1=CCCCC1. The molecule has 0 spiro atoms. The molecule has 0 atom stereocenters. The first-order valence-electron chi connectivity index (χ1n) is 8.04. The van der Waals surface area contributed by atoms with Crippen molar-refractivity contribution < 1.29 is 4.79 Å². The van der Waals surface area contributed by atoms with Crippen LogP contribution in [0.1, 0.15) is 44.1 Å². The number of hydrogen-bond acceptors (Lipinski definition) is 2. The second-order valence-electron chi connectivity index (χ2n) is 5.62. The quantitative estimate of drug-likeness (QED) is 0.569. The Bertz CT molecular complexity index is 454. The molecule has 3 nitrogen and oxygen atoms in total. The van der Waals surface area contributed by atoms with Crippen LogP contribution in [0.15, 0.2) is 42.0 Å². The molecule has 0 fully saturated rings. The molecule has 0 unspecified atom stereocenters. The molecule has 3 heteroatoms. The minimum absolute atomic E-state index is 0.145. The molecule has 1 amide bonds. The molecule has 0 aromatic heterocycles. The smallest absolute Gasteiger partial charge is 0.221 e. The first-order chi connectivity index (χ1) is 10.3. The van der Waals surface area contributed by atoms with Gasteiger partial charge in [-0.1, -0.05) is 42.0 Å². The van der Waals surface area contributed by atoms with Crippen LogP contribution in [0.5, 0.6) is 0 Å². The van der Waals surface area contributed by atoms with Crippen molar-refractivity contribution >= 4 is 5.91 Å². The zero-order valence-corrected chi connectivity index (χ0v) is 12.7. The van der Waals surface area contributed by atoms with E-state index in [1.807, 2.05) is 18.2 Å². The van der Waals surface area contributed by atoms with Crippen molar-refractivity contribution in [1.82, 2.24) is 10.6 Å². The molecule has 0 radical (unpaired) electrons. The van der Waals surface area contributed by atoms with Gasteiger partial charge in [0.05, 0.1) is 0 Å². The van der Waals surface area contributed by atoms with Crippen molar-refractivity contribution in [3.8, 4) is 0 Å². The third-order valence-electron chi connectivity index (χ3n) is 3.85. The molecule has 0 saturated carbocycles. The largest absolute Gasteiger partial charge is 0.356 e. The summed E-state index contributed by atoms with van der Waals surface area (Å²) in [5.74, 6) is 0.145. The van der Waals surface area contributed by atoms with E-state index in [0.717, 1.165) is 26.1 Å². The summed E-state index contributed by atoms with van der Waals surface area (Å²) in [5.41, 5.74) is 2.77. The van der Waals surface area contributed by atoms with Crippen LogP contribution in [-0.2, 0) is 11.3 Å². The van der Waals surface area contributed by atoms with Crippen LogP contribution >= 0.6 is 0 Å². The second kappa shape index (κ2) is 9.35. The highest BCUT2D eigenvalue weighted by Gasteiger charge is 2.05. The Hall–Kier alpha value is -1.61. The molecule has 2 N–H and O–H groups in total. The molecule has 2 rings (SSSR count). The number of nitrogens with one attached hydrogen (secondary N) is 2. The highest BCUT2D eigenvalue weighted by Crippen LogP contribution is 2.19. The predicted octanol–water partition coefficient (Wildman–Crippen LogP) is 3.17. The van der Waals surface area contributed by atoms with Crippen molar-refractivity contribution in [3.63, 3.8) is 0 Å². The van der Waals surface area contributed by atoms with Crippen LogP contribution < -0.4 is 10.6 Å². The van der Waals surface area contributed by atoms with Gasteiger partial charge < -0.3 is 10.6 Å². The molecule has 0 bridgehead atoms. The van der Waals surface area contributed by atoms with Crippen molar-refractivity contribution in [3.05, 3.63) is 47.5 Å². The first-order valence-corrected chi connectivity index (χ1v) is 8.04. The number of rotatable bonds is 8. The molecule has 0 saturated heterocycles. The van der Waals surface area contributed by atoms with Gasteiger partial charge >= 0.3 is 0 Å². The molecule has 1 aromatic carbocycles. The monoisotopic (exact) mass is 286 g/mol. The Morgan fingerprint density at radius 2 is 1.95 bits per heavy atom. The third kappa shape index (κ3) is 6.58. The highest BCUT2D eigenvalue weighted by atomic mass is 16.1. The van der Waals surface area contributed by atoms with E-state index in [2.05, 4.69) is 28.8 Å². The molecular formula is C18H26N2O. The number of amides is 1. The van der Waals surface area contributed by atoms with E-state index in [0.29, 0.717) is 6.42 Å². The van der Waals surface area contributed by atoms with Gasteiger partial charge in [-0.3, -0.25) is 4.79 Å². The minimum atomic E-state index is 0.145. The Labute approximate surface area is 127 Å². The summed E-state index contributed by atoms with van der Waals surface area (Å²) in [4.78, 5) is 11.7. The van der Waals surface area contributed by atoms with Crippen molar-refractivity contribution in [2.75, 3.05) is 13.1 Å². The summed E-state index contributed by atoms with van der Waals surface area (Å²) in [6.07, 6.45) is 8.97. The summed E-state index contributed by atoms with van der Waals surface area (Å²) < 4.78 is 0. The minimum Gasteiger partial charge on any atom is -0.356 e. The van der Waals surface area contributed by atoms with Crippen molar-refractivity contribution in [2.45, 2.75) is 45.1 Å². The van der Waals surface area contributed by atoms with E-state index in [9.17, 15) is 4.79 Å². The Balaban J connectivity index is 1.50. The molecule has 0 heterocycles. The Kier molecular flexibility index (Phi) is 7.02. The number of carbonyl (C=O) groups excluding carboxylic acids is 1. The summed E-state index contributed by atoms with van der Waals surface area (Å²) >= 11 is 0. The molecule has 1 aliphatic carbocycles. The van der Waals surface area contributed by atoms with Crippen LogP contribution in [-0.4, -0.2) is 19.0 Å². The number of hydrogen-bond donors (Lipinski definition) is 2. The average molecular weight is 286 g/mol. The fraction of sp³-hybridized carbons (Fsp3) is 0.500. The van der Waals surface area contributed by atoms with Gasteiger partial charge in [0.15, 0.2) is 0 Å². The van der Waals surface area contributed by atoms with E-state index in [-0.39, 0.29) is 5.91 Å². The van der Waals surface area contributed by atoms with Crippen LogP contribution in [0.3, 0.4) is 0 Å². The maximum absolute atomic E-state index is 11.7. The van der Waals surface area contributed by atoms with Crippen LogP contribution in [0.2, 0.25) is 0 Å². The van der Waals surface area contributed by atoms with Gasteiger partial charge in [-0.25, -0.2) is 0 Å². The normalized spacial score (nSPS) is 14.6. The summed E-state index contributed by atoms with van der Waals surface area (Å²) in [7, 11) is 0. The molecular weight excluding hydrogens is 260 g/mol. The fourth-order valence-electron chi connectivity index (χ4n) is 2.61. The number of allylic oxidation sites excluding steroid dienone is 1. The van der Waals surface area contributed by atoms with E-state index in [4.69, 9.17) is 0 Å². The van der Waals surface area contributed by atoms with Gasteiger partial charge in [-0.15, -0.1) is 0 Å². The van der Waals surface area contributed by atoms with Crippen molar-refractivity contribution in [2.24, 2.45) is 0 Å². The molecule has 1 aromatic rings. The standard InChI is InChI=1S/C18H26N2O/c21-18(20-14-11-16-7-3-1-4-8-16)12-13-19-15-17-9-5-2-6-10-17/h2,5-7,9-10,19H,1,3-4,8,11-15H2,(H,20,21). The third-order valence-corrected chi connectivity index (χ3v) is 3.85. The Morgan fingerprint density at radius 1 is 1.10 bits per heavy atom. The van der Waals surface area contributed by atoms with E-state index >= 15 is 0 Å². The maximum atomic E-state index is 11.7. The first kappa shape index (κ1) is 15.8. The lowest BCUT2D eigenvalue weighted by Gasteiger charge is -2.13. The molecule has 114 valence electrons. The maximum Gasteiger partial charge on any atom is 0.221 e. The van der Waals surface area contributed by atoms with Gasteiger partial charge in [0, 0.05) is 26.1 Å². The summed E-state index contributed by atoms with van der Waals surface area (Å²) in [6.45, 7) is 2.33. The lowest BCUT2D eigenvalue weighted by Crippen LogP contribution is -2.28. The van der Waals surface area contributed by atoms with Gasteiger partial charge in [0.1, 0.15) is 0 Å². The van der Waals surface area contributed by atoms with E-state index < -0.39 is 0 Å². The van der Waals surface area contributed by atoms with Crippen LogP contribution in [0, 0.1) is 0 Å². The van der Waals surface area contributed by atoms with E-state index in [1.54, 1.807) is 0 Å². The lowest BCUT2D eigenvalue weighted by molar-refractivity contribution is -0.120. The number of carbonyl (C=O) groups is 1. The van der Waals surface area contributed by atoms with Gasteiger partial charge in [0.2, 0.25) is 5.91 Å². The average Bonchev–Trinajstić information content (AvgIpc) is 2.54. The molecule has 0 aliphatic heterocycles. The van der Waals surface area contributed by atoms with Crippen LogP contribution in [0.25, 0.3) is 0 Å². The van der Waals surface area contributed by atoms with Gasteiger partial charge in [-0.05, 0) is 37.7 Å². The molecule has 1 aliphatic rings. The zero-order chi connectivity index (χ0) is 14.8. The Morgan fingerprint density at radius 3 is 2.71 bits per heavy atom. The van der Waals surface area contributed by atoms with E-state index in [1.165, 1.54) is 36.8 Å². The second-order valence-corrected chi connectivity index (χ2v) is 5.62. The van der Waals surface area contributed by atoms with Crippen molar-refractivity contribution in [1.29, 1.82) is 0 Å². The fourth-order valence-corrected chi connectivity index (χ4v) is 2.61. The zero-order valence-electron chi connectivity index (χ0n) is 12.7. The summed E-state index contributed by atoms with van der Waals surface area (Å²) in [6, 6.07) is 10.3. The molecule has 21 heavy (non-hydrogen) atoms. The van der Waals surface area contributed by atoms with Gasteiger partial charge in [0.25, 0.3) is 0 Å². The summed E-state index contributed by atoms with van der Waals surface area (Å²) in [5, 5.41) is 6.31. The topological polar surface area (TPSA) is 41.1 Å². The van der Waals surface area contributed by atoms with Crippen LogP contribution in [0.4, 0.5) is 0 Å².